The van der Waals surface area contributed by atoms with Crippen molar-refractivity contribution in [3.05, 3.63) is 28.8 Å². The molecule has 1 N–H and O–H groups in total. The van der Waals surface area contributed by atoms with Gasteiger partial charge in [-0.1, -0.05) is 18.5 Å². The molecule has 0 saturated heterocycles. The molecule has 0 aromatic heterocycles. The molecule has 78 valence electrons. The van der Waals surface area contributed by atoms with Crippen LogP contribution in [0.15, 0.2) is 17.0 Å². The fraction of sp³-hybridized carbons (Fsp3) is 0.250. The first-order chi connectivity index (χ1) is 6.56. The number of rotatable bonds is 3. The molecule has 0 fully saturated rings. The average Bonchev–Trinajstić information content (AvgIpc) is 2.11. The normalized spacial score (nSPS) is 12.9. The Hall–Kier alpha value is -0.520. The van der Waals surface area contributed by atoms with E-state index in [4.69, 9.17) is 11.6 Å². The molecule has 0 aliphatic heterocycles. The summed E-state index contributed by atoms with van der Waals surface area (Å²) in [5.41, 5.74) is 0. The summed E-state index contributed by atoms with van der Waals surface area (Å²) >= 11 is 5.43. The molecule has 14 heavy (non-hydrogen) atoms. The summed E-state index contributed by atoms with van der Waals surface area (Å²) in [6.07, 6.45) is 0. The first kappa shape index (κ1) is 11.6. The zero-order chi connectivity index (χ0) is 10.7. The van der Waals surface area contributed by atoms with Crippen LogP contribution in [0.3, 0.4) is 0 Å². The molecule has 0 aliphatic carbocycles. The minimum absolute atomic E-state index is 0.141. The maximum Gasteiger partial charge on any atom is 0.144 e. The van der Waals surface area contributed by atoms with Crippen LogP contribution in [0.25, 0.3) is 0 Å². The van der Waals surface area contributed by atoms with Crippen molar-refractivity contribution >= 4 is 22.6 Å². The van der Waals surface area contributed by atoms with Gasteiger partial charge in [-0.2, -0.15) is 0 Å². The number of hydrogen-bond acceptors (Lipinski definition) is 1. The fourth-order valence-electron chi connectivity index (χ4n) is 0.855. The van der Waals surface area contributed by atoms with Gasteiger partial charge in [0.2, 0.25) is 0 Å². The lowest BCUT2D eigenvalue weighted by Gasteiger charge is -2.04. The van der Waals surface area contributed by atoms with Crippen LogP contribution in [0.2, 0.25) is 5.02 Å². The third kappa shape index (κ3) is 2.50. The Bertz CT molecular complexity index is 373. The third-order valence-electron chi connectivity index (χ3n) is 1.45. The van der Waals surface area contributed by atoms with E-state index in [1.165, 1.54) is 0 Å². The highest BCUT2D eigenvalue weighted by Crippen LogP contribution is 2.21. The quantitative estimate of drug-likeness (QED) is 0.806. The van der Waals surface area contributed by atoms with E-state index in [2.05, 4.69) is 4.72 Å². The van der Waals surface area contributed by atoms with Crippen molar-refractivity contribution in [1.29, 1.82) is 0 Å². The Kier molecular flexibility index (Phi) is 3.97. The van der Waals surface area contributed by atoms with Crippen molar-refractivity contribution in [3.63, 3.8) is 0 Å². The molecule has 0 amide bonds. The molecule has 0 radical (unpaired) electrons. The summed E-state index contributed by atoms with van der Waals surface area (Å²) in [5.74, 6) is -1.73. The zero-order valence-electron chi connectivity index (χ0n) is 7.31. The topological polar surface area (TPSA) is 29.1 Å². The summed E-state index contributed by atoms with van der Waals surface area (Å²) in [6.45, 7) is 2.14. The van der Waals surface area contributed by atoms with Gasteiger partial charge in [0.15, 0.2) is 0 Å². The van der Waals surface area contributed by atoms with Crippen LogP contribution < -0.4 is 4.72 Å². The lowest BCUT2D eigenvalue weighted by Crippen LogP contribution is -2.17. The lowest BCUT2D eigenvalue weighted by molar-refractivity contribution is 0.561. The molecule has 1 unspecified atom stereocenters. The van der Waals surface area contributed by atoms with E-state index >= 15 is 0 Å². The van der Waals surface area contributed by atoms with Crippen LogP contribution in [0, 0.1) is 11.6 Å². The molecule has 6 heteroatoms. The van der Waals surface area contributed by atoms with E-state index in [9.17, 15) is 13.0 Å². The van der Waals surface area contributed by atoms with E-state index in [-0.39, 0.29) is 9.92 Å². The molecule has 0 heterocycles. The van der Waals surface area contributed by atoms with E-state index in [0.29, 0.717) is 12.6 Å². The number of halogens is 3. The van der Waals surface area contributed by atoms with Gasteiger partial charge in [0, 0.05) is 12.6 Å². The highest BCUT2D eigenvalue weighted by Gasteiger charge is 2.13. The molecule has 1 aromatic carbocycles. The molecule has 1 aromatic rings. The van der Waals surface area contributed by atoms with Crippen molar-refractivity contribution in [2.75, 3.05) is 6.54 Å². The number of benzene rings is 1. The SMILES string of the molecule is CCNS(=O)c1cc(Cl)c(F)cc1F. The largest absolute Gasteiger partial charge is 0.237 e. The number of nitrogens with one attached hydrogen (secondary N) is 1. The van der Waals surface area contributed by atoms with Crippen LogP contribution in [-0.2, 0) is 11.0 Å². The predicted octanol–water partition coefficient (Wildman–Crippen LogP) is 2.25. The van der Waals surface area contributed by atoms with Crippen LogP contribution in [0.4, 0.5) is 8.78 Å². The molecule has 1 rings (SSSR count). The Morgan fingerprint density at radius 3 is 2.64 bits per heavy atom. The zero-order valence-corrected chi connectivity index (χ0v) is 8.88. The van der Waals surface area contributed by atoms with Crippen LogP contribution >= 0.6 is 11.6 Å². The second-order valence-corrected chi connectivity index (χ2v) is 4.14. The van der Waals surface area contributed by atoms with E-state index in [1.807, 2.05) is 0 Å². The molecule has 1 atom stereocenters. The van der Waals surface area contributed by atoms with Gasteiger partial charge in [0.25, 0.3) is 0 Å². The molecule has 0 saturated carbocycles. The van der Waals surface area contributed by atoms with Crippen molar-refractivity contribution in [2.45, 2.75) is 11.8 Å². The monoisotopic (exact) mass is 239 g/mol. The molecular formula is C8H8ClF2NOS. The van der Waals surface area contributed by atoms with Gasteiger partial charge in [-0.05, 0) is 6.07 Å². The van der Waals surface area contributed by atoms with Gasteiger partial charge < -0.3 is 0 Å². The van der Waals surface area contributed by atoms with Crippen LogP contribution in [-0.4, -0.2) is 10.8 Å². The Morgan fingerprint density at radius 1 is 1.43 bits per heavy atom. The lowest BCUT2D eigenvalue weighted by atomic mass is 10.3. The van der Waals surface area contributed by atoms with Crippen molar-refractivity contribution in [2.24, 2.45) is 0 Å². The Labute approximate surface area is 87.9 Å². The number of hydrogen-bond donors (Lipinski definition) is 1. The van der Waals surface area contributed by atoms with Gasteiger partial charge >= 0.3 is 0 Å². The fourth-order valence-corrected chi connectivity index (χ4v) is 1.96. The molecule has 0 aliphatic rings. The summed E-state index contributed by atoms with van der Waals surface area (Å²) in [5, 5.41) is -0.243. The summed E-state index contributed by atoms with van der Waals surface area (Å²) < 4.78 is 39.6. The second kappa shape index (κ2) is 4.82. The average molecular weight is 240 g/mol. The van der Waals surface area contributed by atoms with E-state index in [1.54, 1.807) is 6.92 Å². The van der Waals surface area contributed by atoms with Crippen molar-refractivity contribution in [3.8, 4) is 0 Å². The minimum Gasteiger partial charge on any atom is -0.237 e. The molecular weight excluding hydrogens is 232 g/mol. The Morgan fingerprint density at radius 2 is 2.07 bits per heavy atom. The highest BCUT2D eigenvalue weighted by molar-refractivity contribution is 7.83. The maximum absolute atomic E-state index is 13.1. The predicted molar refractivity (Wildman–Crippen MR) is 51.5 cm³/mol. The van der Waals surface area contributed by atoms with Crippen molar-refractivity contribution < 1.29 is 13.0 Å². The Balaban J connectivity index is 3.09. The first-order valence-corrected chi connectivity index (χ1v) is 5.39. The first-order valence-electron chi connectivity index (χ1n) is 3.86. The van der Waals surface area contributed by atoms with Crippen molar-refractivity contribution in [1.82, 2.24) is 4.72 Å². The molecule has 0 bridgehead atoms. The molecule has 0 spiro atoms. The van der Waals surface area contributed by atoms with Crippen LogP contribution in [0.1, 0.15) is 6.92 Å². The van der Waals surface area contributed by atoms with E-state index < -0.39 is 22.6 Å². The van der Waals surface area contributed by atoms with Gasteiger partial charge in [-0.25, -0.2) is 17.7 Å². The van der Waals surface area contributed by atoms with Gasteiger partial charge in [0.05, 0.1) is 9.92 Å². The van der Waals surface area contributed by atoms with E-state index in [0.717, 1.165) is 6.07 Å². The summed E-state index contributed by atoms with van der Waals surface area (Å²) in [6, 6.07) is 1.64. The van der Waals surface area contributed by atoms with Crippen LogP contribution in [0.5, 0.6) is 0 Å². The smallest absolute Gasteiger partial charge is 0.144 e. The highest BCUT2D eigenvalue weighted by atomic mass is 35.5. The molecule has 2 nitrogen and oxygen atoms in total. The minimum atomic E-state index is -1.69. The second-order valence-electron chi connectivity index (χ2n) is 2.46. The van der Waals surface area contributed by atoms with Gasteiger partial charge in [0.1, 0.15) is 22.6 Å². The van der Waals surface area contributed by atoms with Gasteiger partial charge in [-0.15, -0.1) is 0 Å². The summed E-state index contributed by atoms with van der Waals surface area (Å²) in [4.78, 5) is -0.141. The third-order valence-corrected chi connectivity index (χ3v) is 3.00. The standard InChI is InChI=1S/C8H8ClF2NOS/c1-2-12-14(13)8-3-5(9)6(10)4-7(8)11/h3-4,12H,2H2,1H3. The summed E-state index contributed by atoms with van der Waals surface area (Å²) in [7, 11) is -1.69. The maximum atomic E-state index is 13.1. The van der Waals surface area contributed by atoms with Gasteiger partial charge in [-0.3, -0.25) is 0 Å².